The third-order valence-electron chi connectivity index (χ3n) is 7.40. The van der Waals surface area contributed by atoms with Crippen molar-refractivity contribution in [3.63, 3.8) is 0 Å². The highest BCUT2D eigenvalue weighted by Crippen LogP contribution is 2.34. The molecule has 0 aliphatic carbocycles. The average Bonchev–Trinajstić information content (AvgIpc) is 3.24. The molecule has 226 valence electrons. The lowest BCUT2D eigenvalue weighted by molar-refractivity contribution is -0.116. The third-order valence-corrected chi connectivity index (χ3v) is 9.20. The number of nitrogens with zero attached hydrogens (tertiary/aromatic N) is 2. The maximum absolute atomic E-state index is 12.9. The van der Waals surface area contributed by atoms with Crippen molar-refractivity contribution in [3.05, 3.63) is 48.5 Å². The van der Waals surface area contributed by atoms with E-state index in [1.54, 1.807) is 30.3 Å². The van der Waals surface area contributed by atoms with Gasteiger partial charge in [0.2, 0.25) is 0 Å². The second kappa shape index (κ2) is 17.7. The Balaban J connectivity index is 1.41. The number of anilines is 1. The molecule has 0 fully saturated rings. The van der Waals surface area contributed by atoms with Crippen molar-refractivity contribution in [2.75, 3.05) is 5.01 Å². The Morgan fingerprint density at radius 1 is 0.829 bits per heavy atom. The van der Waals surface area contributed by atoms with Crippen LogP contribution in [0.4, 0.5) is 5.69 Å². The molecule has 0 radical (unpaired) electrons. The molecule has 2 aromatic rings. The van der Waals surface area contributed by atoms with Crippen molar-refractivity contribution in [2.45, 2.75) is 119 Å². The summed E-state index contributed by atoms with van der Waals surface area (Å²) < 4.78 is 39.7. The van der Waals surface area contributed by atoms with E-state index >= 15 is 0 Å². The molecule has 0 saturated heterocycles. The lowest BCUT2D eigenvalue weighted by Gasteiger charge is -2.15. The Bertz CT molecular complexity index is 1220. The van der Waals surface area contributed by atoms with E-state index < -0.39 is 19.8 Å². The molecular formula is C32H45BrN2O5S. The van der Waals surface area contributed by atoms with Crippen LogP contribution in [0.2, 0.25) is 0 Å². The van der Waals surface area contributed by atoms with Gasteiger partial charge in [-0.2, -0.15) is 18.5 Å². The van der Waals surface area contributed by atoms with Crippen LogP contribution in [0.1, 0.15) is 110 Å². The van der Waals surface area contributed by atoms with Crippen LogP contribution in [0.25, 0.3) is 0 Å². The normalized spacial score (nSPS) is 15.4. The molecule has 3 rings (SSSR count). The van der Waals surface area contributed by atoms with E-state index in [1.807, 2.05) is 6.07 Å². The number of alkyl halides is 1. The highest BCUT2D eigenvalue weighted by molar-refractivity contribution is 9.10. The number of unbranched alkanes of at least 4 members (excludes halogenated alkanes) is 14. The van der Waals surface area contributed by atoms with E-state index in [1.165, 1.54) is 101 Å². The second-order valence-electron chi connectivity index (χ2n) is 10.8. The Morgan fingerprint density at radius 3 is 1.90 bits per heavy atom. The van der Waals surface area contributed by atoms with E-state index in [0.717, 1.165) is 18.6 Å². The number of benzene rings is 2. The molecule has 0 saturated carbocycles. The molecule has 1 aliphatic rings. The molecule has 41 heavy (non-hydrogen) atoms. The van der Waals surface area contributed by atoms with Crippen LogP contribution < -0.4 is 9.75 Å². The Kier molecular flexibility index (Phi) is 14.3. The van der Waals surface area contributed by atoms with Gasteiger partial charge in [0.15, 0.2) is 0 Å². The summed E-state index contributed by atoms with van der Waals surface area (Å²) in [5.41, 5.74) is 0.974. The number of halogens is 1. The van der Waals surface area contributed by atoms with Crippen LogP contribution in [0.15, 0.2) is 58.5 Å². The summed E-state index contributed by atoms with van der Waals surface area (Å²) in [6.45, 7) is 2.26. The first-order valence-electron chi connectivity index (χ1n) is 15.2. The van der Waals surface area contributed by atoms with Crippen molar-refractivity contribution < 1.29 is 22.5 Å². The van der Waals surface area contributed by atoms with Crippen molar-refractivity contribution in [1.82, 2.24) is 0 Å². The lowest BCUT2D eigenvalue weighted by Crippen LogP contribution is -2.27. The number of ether oxygens (including phenoxy) is 1. The van der Waals surface area contributed by atoms with Gasteiger partial charge in [0.05, 0.1) is 11.4 Å². The van der Waals surface area contributed by atoms with Crippen molar-refractivity contribution in [1.29, 1.82) is 0 Å². The maximum atomic E-state index is 12.9. The number of para-hydroxylation sites is 1. The number of carbonyl (C=O) groups excluding carboxylic acids is 1. The first kappa shape index (κ1) is 33.3. The van der Waals surface area contributed by atoms with Gasteiger partial charge in [-0.3, -0.25) is 9.35 Å². The highest BCUT2D eigenvalue weighted by atomic mass is 79.9. The standard InChI is InChI=1S/C32H45BrN2O5S/c1-2-3-4-5-6-7-8-9-10-11-12-13-14-15-19-22-28-31(33)32(36)35(34-28)26-23-24-29(30(25-26)41(37,38)39)40-27-20-17-16-18-21-27/h16-18,20-21,23-25,31H,2-15,19,22H2,1H3,(H,37,38,39)/t31-/m0/s1. The van der Waals surface area contributed by atoms with Gasteiger partial charge in [-0.1, -0.05) is 131 Å². The lowest BCUT2D eigenvalue weighted by atomic mass is 10.0. The van der Waals surface area contributed by atoms with Gasteiger partial charge in [-0.05, 0) is 43.2 Å². The zero-order chi connectivity index (χ0) is 29.5. The summed E-state index contributed by atoms with van der Waals surface area (Å²) in [7, 11) is -4.61. The number of carbonyl (C=O) groups is 1. The van der Waals surface area contributed by atoms with Crippen molar-refractivity contribution in [3.8, 4) is 11.5 Å². The van der Waals surface area contributed by atoms with E-state index in [-0.39, 0.29) is 17.3 Å². The van der Waals surface area contributed by atoms with Gasteiger partial charge in [-0.25, -0.2) is 0 Å². The predicted molar refractivity (Wildman–Crippen MR) is 170 cm³/mol. The van der Waals surface area contributed by atoms with Gasteiger partial charge < -0.3 is 4.74 Å². The fourth-order valence-electron chi connectivity index (χ4n) is 5.05. The minimum absolute atomic E-state index is 0.0357. The molecular weight excluding hydrogens is 604 g/mol. The third kappa shape index (κ3) is 11.2. The fourth-order valence-corrected chi connectivity index (χ4v) is 6.20. The van der Waals surface area contributed by atoms with Gasteiger partial charge >= 0.3 is 0 Å². The Hall–Kier alpha value is -2.23. The summed E-state index contributed by atoms with van der Waals surface area (Å²) in [4.78, 5) is 12.0. The van der Waals surface area contributed by atoms with Crippen LogP contribution >= 0.6 is 15.9 Å². The number of hydrazone groups is 1. The molecule has 9 heteroatoms. The molecule has 1 aliphatic heterocycles. The van der Waals surface area contributed by atoms with E-state index in [4.69, 9.17) is 4.74 Å². The minimum Gasteiger partial charge on any atom is -0.456 e. The van der Waals surface area contributed by atoms with E-state index in [0.29, 0.717) is 12.2 Å². The predicted octanol–water partition coefficient (Wildman–Crippen LogP) is 9.45. The summed E-state index contributed by atoms with van der Waals surface area (Å²) in [6, 6.07) is 12.9. The molecule has 2 aromatic carbocycles. The number of rotatable bonds is 20. The number of amides is 1. The summed E-state index contributed by atoms with van der Waals surface area (Å²) in [6.07, 6.45) is 20.1. The topological polar surface area (TPSA) is 96.3 Å². The molecule has 0 spiro atoms. The van der Waals surface area contributed by atoms with E-state index in [2.05, 4.69) is 28.0 Å². The zero-order valence-electron chi connectivity index (χ0n) is 24.3. The largest absolute Gasteiger partial charge is 0.456 e. The van der Waals surface area contributed by atoms with E-state index in [9.17, 15) is 17.8 Å². The van der Waals surface area contributed by atoms with Gasteiger partial charge in [0.25, 0.3) is 16.0 Å². The summed E-state index contributed by atoms with van der Waals surface area (Å²) in [5, 5.41) is 5.69. The molecule has 1 amide bonds. The molecule has 0 aromatic heterocycles. The van der Waals surface area contributed by atoms with Crippen LogP contribution in [0, 0.1) is 0 Å². The SMILES string of the molecule is CCCCCCCCCCCCCCCCCC1=NN(c2ccc(Oc3ccccc3)c(S(=O)(=O)O)c2)C(=O)[C@H]1Br. The van der Waals surface area contributed by atoms with Gasteiger partial charge in [-0.15, -0.1) is 0 Å². The first-order chi connectivity index (χ1) is 19.8. The number of hydrogen-bond donors (Lipinski definition) is 1. The van der Waals surface area contributed by atoms with Crippen LogP contribution in [0.3, 0.4) is 0 Å². The Labute approximate surface area is 254 Å². The van der Waals surface area contributed by atoms with Crippen molar-refractivity contribution in [2.24, 2.45) is 5.10 Å². The first-order valence-corrected chi connectivity index (χ1v) is 17.6. The Morgan fingerprint density at radius 2 is 1.37 bits per heavy atom. The molecule has 1 heterocycles. The second-order valence-corrected chi connectivity index (χ2v) is 13.1. The molecule has 0 bridgehead atoms. The average molecular weight is 650 g/mol. The van der Waals surface area contributed by atoms with Crippen molar-refractivity contribution >= 4 is 43.4 Å². The summed E-state index contributed by atoms with van der Waals surface area (Å²) in [5.74, 6) is 0.0946. The monoisotopic (exact) mass is 648 g/mol. The quantitative estimate of drug-likeness (QED) is 0.0876. The highest BCUT2D eigenvalue weighted by Gasteiger charge is 2.35. The van der Waals surface area contributed by atoms with Crippen LogP contribution in [0.5, 0.6) is 11.5 Å². The molecule has 0 unspecified atom stereocenters. The van der Waals surface area contributed by atoms with Crippen LogP contribution in [-0.2, 0) is 14.9 Å². The van der Waals surface area contributed by atoms with Gasteiger partial charge in [0.1, 0.15) is 21.2 Å². The smallest absolute Gasteiger partial charge is 0.298 e. The molecule has 1 N–H and O–H groups in total. The molecule has 7 nitrogen and oxygen atoms in total. The fraction of sp³-hybridized carbons (Fsp3) is 0.562. The number of hydrogen-bond acceptors (Lipinski definition) is 5. The van der Waals surface area contributed by atoms with Crippen LogP contribution in [-0.4, -0.2) is 29.4 Å². The summed E-state index contributed by atoms with van der Waals surface area (Å²) >= 11 is 3.45. The van der Waals surface area contributed by atoms with Gasteiger partial charge in [0, 0.05) is 0 Å². The molecule has 1 atom stereocenters. The maximum Gasteiger partial charge on any atom is 0.298 e. The minimum atomic E-state index is -4.61. The zero-order valence-corrected chi connectivity index (χ0v) is 26.7.